The second-order valence-electron chi connectivity index (χ2n) is 5.49. The lowest BCUT2D eigenvalue weighted by atomic mass is 9.91. The first kappa shape index (κ1) is 45.2. The maximum absolute atomic E-state index is 2.94. The zero-order valence-corrected chi connectivity index (χ0v) is 21.9. The van der Waals surface area contributed by atoms with Crippen LogP contribution in [0.2, 0.25) is 0 Å². The van der Waals surface area contributed by atoms with Gasteiger partial charge in [0.05, 0.1) is 0 Å². The first-order valence-corrected chi connectivity index (χ1v) is 14.6. The number of halogens is 5. The monoisotopic (exact) mass is 564 g/mol. The molecule has 0 spiro atoms. The van der Waals surface area contributed by atoms with E-state index in [2.05, 4.69) is 58.0 Å². The minimum absolute atomic E-state index is 0. The van der Waals surface area contributed by atoms with Crippen LogP contribution in [-0.4, -0.2) is 5.83 Å². The minimum atomic E-state index is 0. The number of hydrogen-bond acceptors (Lipinski definition) is 0. The van der Waals surface area contributed by atoms with Crippen molar-refractivity contribution < 1.29 is 9.41 Å². The third-order valence-corrected chi connectivity index (χ3v) is 3.79. The zero-order valence-electron chi connectivity index (χ0n) is 17.2. The van der Waals surface area contributed by atoms with E-state index in [9.17, 15) is 0 Å². The lowest BCUT2D eigenvalue weighted by Gasteiger charge is -2.15. The fourth-order valence-electron chi connectivity index (χ4n) is 2.61. The Morgan fingerprint density at radius 1 is 0.520 bits per heavy atom. The lowest BCUT2D eigenvalue weighted by Crippen LogP contribution is -1.99. The molecule has 2 aliphatic carbocycles. The van der Waals surface area contributed by atoms with Gasteiger partial charge in [-0.25, -0.2) is 0 Å². The normalized spacial score (nSPS) is 15.1. The molecule has 2 saturated carbocycles. The standard InChI is InChI=1S/2C7H14.2C2H6.CH3Br.CH4.Br2.2FH/c2*1-7-5-3-2-4-6-7;3*1-2;;1-2;;/h2*7H,2-6H2,1H3;2*1-2H3;1H3;1H4;;2*1H. The van der Waals surface area contributed by atoms with Gasteiger partial charge < -0.3 is 0 Å². The third-order valence-electron chi connectivity index (χ3n) is 3.79. The van der Waals surface area contributed by atoms with E-state index in [1.54, 1.807) is 0 Å². The molecule has 25 heavy (non-hydrogen) atoms. The smallest absolute Gasteiger partial charge is 0 e. The predicted octanol–water partition coefficient (Wildman–Crippen LogP) is 10.9. The highest BCUT2D eigenvalue weighted by Gasteiger charge is 2.06. The Hall–Kier alpha value is 1.30. The summed E-state index contributed by atoms with van der Waals surface area (Å²) < 4.78 is 0. The Bertz CT molecular complexity index is 123. The zero-order chi connectivity index (χ0) is 18.2. The lowest BCUT2D eigenvalue weighted by molar-refractivity contribution is 0.385. The first-order chi connectivity index (χ1) is 10.8. The van der Waals surface area contributed by atoms with Crippen molar-refractivity contribution in [2.75, 3.05) is 5.83 Å². The molecule has 0 heterocycles. The predicted molar refractivity (Wildman–Crippen MR) is 132 cm³/mol. The Morgan fingerprint density at radius 2 is 0.680 bits per heavy atom. The molecule has 0 unspecified atom stereocenters. The summed E-state index contributed by atoms with van der Waals surface area (Å²) in [6.07, 6.45) is 14.9. The van der Waals surface area contributed by atoms with E-state index in [0.717, 1.165) is 11.8 Å². The molecule has 0 aromatic rings. The van der Waals surface area contributed by atoms with E-state index in [-0.39, 0.29) is 16.8 Å². The molecule has 2 fully saturated rings. The molecule has 5 heteroatoms. The van der Waals surface area contributed by atoms with Gasteiger partial charge >= 0.3 is 0 Å². The number of rotatable bonds is 0. The SMILES string of the molecule is BrBr.C.CBr.CC.CC.CC1CCCCC1.CC1CCCCC1.F.F. The van der Waals surface area contributed by atoms with Gasteiger partial charge in [0.15, 0.2) is 0 Å². The van der Waals surface area contributed by atoms with E-state index < -0.39 is 0 Å². The van der Waals surface area contributed by atoms with Crippen molar-refractivity contribution in [1.29, 1.82) is 0 Å². The molecule has 164 valence electrons. The Kier molecular flexibility index (Phi) is 90.2. The van der Waals surface area contributed by atoms with Crippen LogP contribution in [0.4, 0.5) is 9.41 Å². The van der Waals surface area contributed by atoms with Crippen LogP contribution in [0, 0.1) is 11.8 Å². The summed E-state index contributed by atoms with van der Waals surface area (Å²) in [5.41, 5.74) is 0. The van der Waals surface area contributed by atoms with Crippen LogP contribution in [-0.2, 0) is 0 Å². The van der Waals surface area contributed by atoms with Crippen molar-refractivity contribution >= 4 is 44.2 Å². The molecule has 0 aromatic heterocycles. The highest BCUT2D eigenvalue weighted by atomic mass is 80.9. The van der Waals surface area contributed by atoms with Crippen molar-refractivity contribution in [2.45, 2.75) is 113 Å². The molecular formula is C20H49Br3F2. The summed E-state index contributed by atoms with van der Waals surface area (Å²) in [6, 6.07) is 0. The highest BCUT2D eigenvalue weighted by Crippen LogP contribution is 2.22. The molecule has 0 aromatic carbocycles. The van der Waals surface area contributed by atoms with Crippen LogP contribution in [0.5, 0.6) is 0 Å². The summed E-state index contributed by atoms with van der Waals surface area (Å²) in [6.45, 7) is 12.7. The minimum Gasteiger partial charge on any atom is -0.269 e. The van der Waals surface area contributed by atoms with E-state index in [0.29, 0.717) is 0 Å². The first-order valence-electron chi connectivity index (χ1n) is 9.31. The van der Waals surface area contributed by atoms with Gasteiger partial charge in [0.25, 0.3) is 0 Å². The molecule has 0 aliphatic heterocycles. The Labute approximate surface area is 183 Å². The molecule has 0 N–H and O–H groups in total. The van der Waals surface area contributed by atoms with Gasteiger partial charge in [-0.2, -0.15) is 0 Å². The fraction of sp³-hybridized carbons (Fsp3) is 1.00. The van der Waals surface area contributed by atoms with Crippen LogP contribution < -0.4 is 0 Å². The maximum atomic E-state index is 2.94. The Balaban J connectivity index is -0.0000000343. The van der Waals surface area contributed by atoms with Gasteiger partial charge in [-0.15, -0.1) is 0 Å². The molecule has 0 saturated heterocycles. The van der Waals surface area contributed by atoms with Crippen molar-refractivity contribution in [3.63, 3.8) is 0 Å². The molecule has 2 rings (SSSR count). The third kappa shape index (κ3) is 45.9. The second-order valence-corrected chi connectivity index (χ2v) is 5.49. The van der Waals surface area contributed by atoms with Crippen molar-refractivity contribution in [3.8, 4) is 0 Å². The summed E-state index contributed by atoms with van der Waals surface area (Å²) in [4.78, 5) is 0. The summed E-state index contributed by atoms with van der Waals surface area (Å²) >= 11 is 8.44. The molecule has 0 radical (unpaired) electrons. The largest absolute Gasteiger partial charge is 0.269 e. The van der Waals surface area contributed by atoms with Gasteiger partial charge in [-0.05, 0) is 17.7 Å². The van der Waals surface area contributed by atoms with Gasteiger partial charge in [0, 0.05) is 28.3 Å². The quantitative estimate of drug-likeness (QED) is 0.256. The van der Waals surface area contributed by atoms with E-state index in [4.69, 9.17) is 0 Å². The van der Waals surface area contributed by atoms with Crippen molar-refractivity contribution in [1.82, 2.24) is 0 Å². The molecule has 0 bridgehead atoms. The van der Waals surface area contributed by atoms with Gasteiger partial charge in [0.1, 0.15) is 0 Å². The van der Waals surface area contributed by atoms with Crippen molar-refractivity contribution in [3.05, 3.63) is 0 Å². The van der Waals surface area contributed by atoms with Gasteiger partial charge in [0.2, 0.25) is 0 Å². The van der Waals surface area contributed by atoms with Gasteiger partial charge in [-0.3, -0.25) is 9.41 Å². The summed E-state index contributed by atoms with van der Waals surface area (Å²) in [5.74, 6) is 3.88. The van der Waals surface area contributed by atoms with E-state index >= 15 is 0 Å². The van der Waals surface area contributed by atoms with Crippen LogP contribution in [0.1, 0.15) is 113 Å². The van der Waals surface area contributed by atoms with Crippen molar-refractivity contribution in [2.24, 2.45) is 11.8 Å². The number of alkyl halides is 1. The van der Waals surface area contributed by atoms with Crippen LogP contribution in [0.25, 0.3) is 0 Å². The average Bonchev–Trinajstić information content (AvgIpc) is 2.64. The molecule has 0 nitrogen and oxygen atoms in total. The van der Waals surface area contributed by atoms with E-state index in [1.165, 1.54) is 64.2 Å². The second kappa shape index (κ2) is 49.9. The number of hydrogen-bond donors (Lipinski definition) is 0. The fourth-order valence-corrected chi connectivity index (χ4v) is 2.61. The maximum Gasteiger partial charge on any atom is 0 e. The molecular weight excluding hydrogens is 518 g/mol. The van der Waals surface area contributed by atoms with Gasteiger partial charge in [-0.1, -0.05) is 129 Å². The molecule has 0 atom stereocenters. The summed E-state index contributed by atoms with van der Waals surface area (Å²) in [5, 5.41) is 0. The van der Waals surface area contributed by atoms with Crippen LogP contribution in [0.3, 0.4) is 0 Å². The van der Waals surface area contributed by atoms with Crippen LogP contribution in [0.15, 0.2) is 0 Å². The van der Waals surface area contributed by atoms with E-state index in [1.807, 2.05) is 33.5 Å². The molecule has 2 aliphatic rings. The Morgan fingerprint density at radius 3 is 0.760 bits per heavy atom. The topological polar surface area (TPSA) is 0 Å². The highest BCUT2D eigenvalue weighted by molar-refractivity contribution is 9.93. The molecule has 0 amide bonds. The average molecular weight is 567 g/mol. The summed E-state index contributed by atoms with van der Waals surface area (Å²) in [7, 11) is 0. The van der Waals surface area contributed by atoms with Crippen LogP contribution >= 0.6 is 44.2 Å².